The molecule has 0 saturated heterocycles. The molecule has 0 unspecified atom stereocenters. The number of nitrogens with one attached hydrogen (secondary N) is 1. The van der Waals surface area contributed by atoms with Crippen molar-refractivity contribution in [1.29, 1.82) is 5.26 Å². The van der Waals surface area contributed by atoms with E-state index in [1.807, 2.05) is 6.07 Å². The number of amides is 1. The summed E-state index contributed by atoms with van der Waals surface area (Å²) >= 11 is 5.99. The molecule has 0 radical (unpaired) electrons. The highest BCUT2D eigenvalue weighted by Crippen LogP contribution is 2.41. The molecule has 172 valence electrons. The first-order valence-corrected chi connectivity index (χ1v) is 9.79. The number of rotatable bonds is 5. The predicted molar refractivity (Wildman–Crippen MR) is 115 cm³/mol. The van der Waals surface area contributed by atoms with E-state index in [-0.39, 0.29) is 27.7 Å². The van der Waals surface area contributed by atoms with Crippen LogP contribution in [0.5, 0.6) is 0 Å². The number of nitriles is 1. The third kappa shape index (κ3) is 4.27. The van der Waals surface area contributed by atoms with Crippen molar-refractivity contribution in [2.24, 2.45) is 10.7 Å². The molecule has 3 rings (SSSR count). The van der Waals surface area contributed by atoms with Crippen LogP contribution in [-0.2, 0) is 10.3 Å². The van der Waals surface area contributed by atoms with Crippen molar-refractivity contribution in [2.75, 3.05) is 11.9 Å². The van der Waals surface area contributed by atoms with E-state index in [9.17, 15) is 18.0 Å². The summed E-state index contributed by atoms with van der Waals surface area (Å²) in [5.41, 5.74) is 1.95. The van der Waals surface area contributed by atoms with Crippen molar-refractivity contribution in [1.82, 2.24) is 9.97 Å². The Morgan fingerprint density at radius 1 is 1.39 bits per heavy atom. The molecule has 0 fully saturated rings. The van der Waals surface area contributed by atoms with Gasteiger partial charge in [0.15, 0.2) is 5.60 Å². The second kappa shape index (κ2) is 8.46. The number of anilines is 1. The fourth-order valence-electron chi connectivity index (χ4n) is 3.12. The zero-order valence-corrected chi connectivity index (χ0v) is 18.3. The molecule has 33 heavy (non-hydrogen) atoms. The standard InChI is InChI=1S/C21H18ClF3N6O2/c1-4-21(24,25)20(3)18(27)31-19(2,10-33-20)12-6-15(28-9-14(12)23)30-17(32)16-13(22)5-11(7-26)8-29-16/h4-6,8-9H,1,10H2,2-3H3,(H2,27,31)(H,28,30,32)/t19-,20+/m0/s1. The lowest BCUT2D eigenvalue weighted by Gasteiger charge is -2.42. The zero-order valence-electron chi connectivity index (χ0n) is 17.5. The molecule has 3 N–H and O–H groups in total. The summed E-state index contributed by atoms with van der Waals surface area (Å²) in [5, 5.41) is 11.2. The van der Waals surface area contributed by atoms with Gasteiger partial charge in [0.2, 0.25) is 0 Å². The molecule has 1 aliphatic heterocycles. The first kappa shape index (κ1) is 24.2. The molecule has 2 aromatic rings. The highest BCUT2D eigenvalue weighted by Gasteiger charge is 2.56. The lowest BCUT2D eigenvalue weighted by molar-refractivity contribution is -0.150. The van der Waals surface area contributed by atoms with E-state index in [2.05, 4.69) is 26.9 Å². The Morgan fingerprint density at radius 2 is 2.09 bits per heavy atom. The van der Waals surface area contributed by atoms with E-state index in [0.29, 0.717) is 6.08 Å². The van der Waals surface area contributed by atoms with Crippen LogP contribution in [0.2, 0.25) is 5.02 Å². The summed E-state index contributed by atoms with van der Waals surface area (Å²) in [4.78, 5) is 24.3. The van der Waals surface area contributed by atoms with Crippen LogP contribution in [0.3, 0.4) is 0 Å². The Hall–Kier alpha value is -3.49. The first-order chi connectivity index (χ1) is 15.4. The molecule has 8 nitrogen and oxygen atoms in total. The number of amidine groups is 1. The Bertz CT molecular complexity index is 1210. The van der Waals surface area contributed by atoms with Gasteiger partial charge >= 0.3 is 5.92 Å². The van der Waals surface area contributed by atoms with Crippen LogP contribution < -0.4 is 11.1 Å². The van der Waals surface area contributed by atoms with Gasteiger partial charge in [0.25, 0.3) is 5.91 Å². The van der Waals surface area contributed by atoms with Crippen LogP contribution in [0.25, 0.3) is 0 Å². The van der Waals surface area contributed by atoms with Gasteiger partial charge in [-0.1, -0.05) is 18.2 Å². The number of ether oxygens (including phenoxy) is 1. The molecule has 0 aliphatic carbocycles. The molecule has 1 aliphatic rings. The number of aromatic nitrogens is 2. The number of pyridine rings is 2. The molecule has 0 aromatic carbocycles. The maximum atomic E-state index is 14.7. The molecule has 12 heteroatoms. The molecule has 0 spiro atoms. The summed E-state index contributed by atoms with van der Waals surface area (Å²) in [5.74, 6) is -5.73. The van der Waals surface area contributed by atoms with E-state index >= 15 is 0 Å². The number of carbonyl (C=O) groups is 1. The van der Waals surface area contributed by atoms with Crippen LogP contribution in [0.4, 0.5) is 19.0 Å². The van der Waals surface area contributed by atoms with Crippen LogP contribution in [0, 0.1) is 17.1 Å². The van der Waals surface area contributed by atoms with Crippen LogP contribution in [0.1, 0.15) is 35.5 Å². The van der Waals surface area contributed by atoms with Crippen LogP contribution in [-0.4, -0.2) is 39.8 Å². The quantitative estimate of drug-likeness (QED) is 0.632. The molecular weight excluding hydrogens is 461 g/mol. The Balaban J connectivity index is 1.94. The minimum atomic E-state index is -3.52. The lowest BCUT2D eigenvalue weighted by atomic mass is 9.88. The average Bonchev–Trinajstić information content (AvgIpc) is 2.77. The van der Waals surface area contributed by atoms with Gasteiger partial charge in [-0.05, 0) is 32.1 Å². The van der Waals surface area contributed by atoms with Gasteiger partial charge in [0.05, 0.1) is 23.4 Å². The van der Waals surface area contributed by atoms with Gasteiger partial charge in [0.1, 0.15) is 34.8 Å². The molecule has 2 aromatic heterocycles. The Labute approximate surface area is 191 Å². The maximum absolute atomic E-state index is 14.7. The number of nitrogens with two attached hydrogens (primary N) is 1. The van der Waals surface area contributed by atoms with Crippen molar-refractivity contribution >= 4 is 29.2 Å². The fraction of sp³-hybridized carbons (Fsp3) is 0.286. The van der Waals surface area contributed by atoms with E-state index in [1.54, 1.807) is 0 Å². The topological polar surface area (TPSA) is 126 Å². The second-order valence-corrected chi connectivity index (χ2v) is 8.00. The minimum Gasteiger partial charge on any atom is -0.385 e. The maximum Gasteiger partial charge on any atom is 0.301 e. The van der Waals surface area contributed by atoms with E-state index in [4.69, 9.17) is 27.3 Å². The van der Waals surface area contributed by atoms with Crippen LogP contribution >= 0.6 is 11.6 Å². The third-order valence-corrected chi connectivity index (χ3v) is 5.54. The summed E-state index contributed by atoms with van der Waals surface area (Å²) in [6.45, 7) is 5.16. The number of hydrogen-bond donors (Lipinski definition) is 2. The molecule has 0 saturated carbocycles. The Morgan fingerprint density at radius 3 is 2.67 bits per heavy atom. The number of nitrogens with zero attached hydrogens (tertiary/aromatic N) is 4. The zero-order chi connectivity index (χ0) is 24.6. The summed E-state index contributed by atoms with van der Waals surface area (Å²) in [6.07, 6.45) is 2.40. The van der Waals surface area contributed by atoms with Gasteiger partial charge in [-0.3, -0.25) is 9.79 Å². The highest BCUT2D eigenvalue weighted by atomic mass is 35.5. The summed E-state index contributed by atoms with van der Waals surface area (Å²) < 4.78 is 48.6. The molecular formula is C21H18ClF3N6O2. The number of aliphatic imine (C=N–C) groups is 1. The monoisotopic (exact) mass is 478 g/mol. The normalized spacial score (nSPS) is 22.8. The lowest BCUT2D eigenvalue weighted by Crippen LogP contribution is -2.61. The van der Waals surface area contributed by atoms with Crippen molar-refractivity contribution in [2.45, 2.75) is 30.9 Å². The number of halogens is 4. The largest absolute Gasteiger partial charge is 0.385 e. The SMILES string of the molecule is C=CC(F)(F)[C@]1(C)OC[C@@](C)(c2cc(NC(=O)c3ncc(C#N)cc3Cl)ncc2F)N=C1N. The average molecular weight is 479 g/mol. The van der Waals surface area contributed by atoms with Gasteiger partial charge in [-0.2, -0.15) is 14.0 Å². The minimum absolute atomic E-state index is 0.0682. The number of alkyl halides is 2. The molecule has 1 amide bonds. The molecule has 2 atom stereocenters. The molecule has 3 heterocycles. The van der Waals surface area contributed by atoms with Gasteiger partial charge in [0, 0.05) is 11.8 Å². The number of hydrogen-bond acceptors (Lipinski definition) is 7. The third-order valence-electron chi connectivity index (χ3n) is 5.25. The first-order valence-electron chi connectivity index (χ1n) is 9.41. The van der Waals surface area contributed by atoms with E-state index in [0.717, 1.165) is 19.3 Å². The second-order valence-electron chi connectivity index (χ2n) is 7.59. The van der Waals surface area contributed by atoms with Crippen molar-refractivity contribution in [3.8, 4) is 6.07 Å². The van der Waals surface area contributed by atoms with Crippen molar-refractivity contribution in [3.05, 3.63) is 64.8 Å². The predicted octanol–water partition coefficient (Wildman–Crippen LogP) is 3.58. The van der Waals surface area contributed by atoms with Gasteiger partial charge in [-0.15, -0.1) is 0 Å². The van der Waals surface area contributed by atoms with E-state index in [1.165, 1.54) is 19.1 Å². The fourth-order valence-corrected chi connectivity index (χ4v) is 3.38. The van der Waals surface area contributed by atoms with Crippen molar-refractivity contribution in [3.63, 3.8) is 0 Å². The smallest absolute Gasteiger partial charge is 0.301 e. The Kier molecular flexibility index (Phi) is 6.19. The van der Waals surface area contributed by atoms with Crippen LogP contribution in [0.15, 0.2) is 42.2 Å². The van der Waals surface area contributed by atoms with Gasteiger partial charge < -0.3 is 15.8 Å². The van der Waals surface area contributed by atoms with E-state index < -0.39 is 41.2 Å². The summed E-state index contributed by atoms with van der Waals surface area (Å²) in [6, 6.07) is 4.29. The number of carbonyl (C=O) groups excluding carboxylic acids is 1. The molecule has 0 bridgehead atoms. The van der Waals surface area contributed by atoms with Gasteiger partial charge in [-0.25, -0.2) is 14.4 Å². The summed E-state index contributed by atoms with van der Waals surface area (Å²) in [7, 11) is 0. The van der Waals surface area contributed by atoms with Crippen molar-refractivity contribution < 1.29 is 22.7 Å². The highest BCUT2D eigenvalue weighted by molar-refractivity contribution is 6.34.